The van der Waals surface area contributed by atoms with Crippen molar-refractivity contribution < 1.29 is 0 Å². The van der Waals surface area contributed by atoms with Crippen LogP contribution in [0.15, 0.2) is 71.8 Å². The molecule has 2 aromatic heterocycles. The number of rotatable bonds is 3. The number of imidazole rings is 1. The van der Waals surface area contributed by atoms with E-state index in [1.165, 1.54) is 23.3 Å². The zero-order valence-corrected chi connectivity index (χ0v) is 19.4. The summed E-state index contributed by atoms with van der Waals surface area (Å²) in [7, 11) is 1.96. The van der Waals surface area contributed by atoms with Gasteiger partial charge >= 0.3 is 0 Å². The highest BCUT2D eigenvalue weighted by molar-refractivity contribution is 5.92. The van der Waals surface area contributed by atoms with Gasteiger partial charge in [-0.05, 0) is 42.4 Å². The molecule has 0 amide bonds. The Morgan fingerprint density at radius 1 is 1.18 bits per heavy atom. The molecule has 2 atom stereocenters. The molecule has 2 N–H and O–H groups in total. The third-order valence-corrected chi connectivity index (χ3v) is 8.14. The van der Waals surface area contributed by atoms with Gasteiger partial charge in [0, 0.05) is 55.3 Å². The Morgan fingerprint density at radius 2 is 2.09 bits per heavy atom. The molecule has 7 nitrogen and oxygen atoms in total. The number of H-pyrrole nitrogens is 1. The van der Waals surface area contributed by atoms with Crippen molar-refractivity contribution in [2.24, 2.45) is 16.3 Å². The second kappa shape index (κ2) is 7.45. The number of nitrogens with zero attached hydrogens (tertiary/aromatic N) is 5. The summed E-state index contributed by atoms with van der Waals surface area (Å²) in [6, 6.07) is 0. The maximum Gasteiger partial charge on any atom is 0.167 e. The number of aliphatic imine (C=N–C) groups is 1. The largest absolute Gasteiger partial charge is 0.373 e. The molecule has 1 saturated carbocycles. The number of hydrogen-bond donors (Lipinski definition) is 2. The van der Waals surface area contributed by atoms with E-state index in [0.29, 0.717) is 11.8 Å². The monoisotopic (exact) mass is 451 g/mol. The highest BCUT2D eigenvalue weighted by Crippen LogP contribution is 2.64. The van der Waals surface area contributed by atoms with Gasteiger partial charge in [0.1, 0.15) is 11.7 Å². The molecule has 0 aromatic carbocycles. The summed E-state index contributed by atoms with van der Waals surface area (Å²) < 4.78 is 1.96. The summed E-state index contributed by atoms with van der Waals surface area (Å²) in [6.07, 6.45) is 25.9. The Labute approximate surface area is 199 Å². The van der Waals surface area contributed by atoms with E-state index in [-0.39, 0.29) is 5.41 Å². The number of likely N-dealkylation sites (tertiary alicyclic amines) is 1. The van der Waals surface area contributed by atoms with Crippen LogP contribution in [0.2, 0.25) is 0 Å². The van der Waals surface area contributed by atoms with E-state index in [4.69, 9.17) is 10.1 Å². The molecular formula is C27H29N7. The van der Waals surface area contributed by atoms with E-state index < -0.39 is 0 Å². The van der Waals surface area contributed by atoms with Crippen molar-refractivity contribution >= 4 is 23.0 Å². The average molecular weight is 452 g/mol. The molecule has 3 aliphatic carbocycles. The van der Waals surface area contributed by atoms with Crippen LogP contribution in [0, 0.1) is 11.3 Å². The second-order valence-corrected chi connectivity index (χ2v) is 9.92. The zero-order valence-electron chi connectivity index (χ0n) is 19.4. The van der Waals surface area contributed by atoms with Crippen molar-refractivity contribution in [2.45, 2.75) is 31.6 Å². The van der Waals surface area contributed by atoms with Gasteiger partial charge in [0.25, 0.3) is 0 Å². The number of allylic oxidation sites excluding steroid dienone is 8. The van der Waals surface area contributed by atoms with Gasteiger partial charge in [-0.25, -0.2) is 9.98 Å². The number of aromatic nitrogens is 4. The Hall–Kier alpha value is -3.61. The molecule has 172 valence electrons. The topological polar surface area (TPSA) is 74.1 Å². The molecule has 7 rings (SSSR count). The Morgan fingerprint density at radius 3 is 2.91 bits per heavy atom. The normalized spacial score (nSPS) is 27.6. The first kappa shape index (κ1) is 19.8. The molecule has 0 bridgehead atoms. The van der Waals surface area contributed by atoms with Crippen molar-refractivity contribution in [3.05, 3.63) is 78.1 Å². The standard InChI is InChI=1S/C27H29N7/c1-28-24-5-6-25(33-10-7-18(8-11-33)23-16-29-17-30-23)32-26-22(15-31-34(24)26)19-12-20-4-2-3-9-27(20)14-21(27)13-19/h2-5,9,12-13,15-18,21,28H,6-8,10-11,14H2,1H3,(H,29,30). The molecule has 34 heavy (non-hydrogen) atoms. The van der Waals surface area contributed by atoms with Gasteiger partial charge in [-0.3, -0.25) is 0 Å². The zero-order chi connectivity index (χ0) is 22.7. The van der Waals surface area contributed by atoms with Crippen LogP contribution in [0.1, 0.15) is 42.9 Å². The molecular weight excluding hydrogens is 422 g/mol. The first-order valence-electron chi connectivity index (χ1n) is 12.3. The van der Waals surface area contributed by atoms with Crippen molar-refractivity contribution in [3.63, 3.8) is 0 Å². The smallest absolute Gasteiger partial charge is 0.167 e. The third-order valence-electron chi connectivity index (χ3n) is 8.14. The molecule has 1 saturated heterocycles. The number of amidine groups is 1. The van der Waals surface area contributed by atoms with Crippen LogP contribution in [0.25, 0.3) is 11.4 Å². The van der Waals surface area contributed by atoms with Gasteiger partial charge in [0.2, 0.25) is 0 Å². The molecule has 1 spiro atoms. The molecule has 7 heteroatoms. The van der Waals surface area contributed by atoms with E-state index >= 15 is 0 Å². The lowest BCUT2D eigenvalue weighted by atomic mass is 9.83. The van der Waals surface area contributed by atoms with Crippen molar-refractivity contribution in [1.29, 1.82) is 0 Å². The minimum atomic E-state index is 0.242. The van der Waals surface area contributed by atoms with E-state index in [2.05, 4.69) is 62.7 Å². The number of piperidine rings is 1. The molecule has 2 unspecified atom stereocenters. The maximum atomic E-state index is 5.25. The predicted molar refractivity (Wildman–Crippen MR) is 134 cm³/mol. The molecule has 0 radical (unpaired) electrons. The molecule has 2 aromatic rings. The van der Waals surface area contributed by atoms with Crippen LogP contribution < -0.4 is 5.32 Å². The molecule has 4 heterocycles. The van der Waals surface area contributed by atoms with Gasteiger partial charge in [-0.1, -0.05) is 36.5 Å². The Bertz CT molecular complexity index is 1310. The van der Waals surface area contributed by atoms with Gasteiger partial charge in [0.05, 0.1) is 12.5 Å². The van der Waals surface area contributed by atoms with Crippen LogP contribution in [-0.4, -0.2) is 50.6 Å². The Balaban J connectivity index is 1.22. The first-order valence-corrected chi connectivity index (χ1v) is 12.3. The molecule has 5 aliphatic rings. The Kier molecular flexibility index (Phi) is 4.34. The fourth-order valence-electron chi connectivity index (χ4n) is 6.07. The molecule has 2 aliphatic heterocycles. The summed E-state index contributed by atoms with van der Waals surface area (Å²) in [6.45, 7) is 2.01. The van der Waals surface area contributed by atoms with Gasteiger partial charge in [-0.15, -0.1) is 0 Å². The van der Waals surface area contributed by atoms with E-state index in [9.17, 15) is 0 Å². The number of aromatic amines is 1. The lowest BCUT2D eigenvalue weighted by Gasteiger charge is -2.33. The SMILES string of the molecule is CNC1=CCC(N2CCC(c3cnc[nH]3)CC2)=Nc2c(C3=CC4CC45C=CC=CC5=C3)cnn21. The quantitative estimate of drug-likeness (QED) is 0.726. The minimum Gasteiger partial charge on any atom is -0.373 e. The van der Waals surface area contributed by atoms with Crippen molar-refractivity contribution in [3.8, 4) is 0 Å². The van der Waals surface area contributed by atoms with Crippen LogP contribution in [0.5, 0.6) is 0 Å². The highest BCUT2D eigenvalue weighted by Gasteiger charge is 2.54. The average Bonchev–Trinajstić information content (AvgIpc) is 3.18. The van der Waals surface area contributed by atoms with Gasteiger partial charge < -0.3 is 15.2 Å². The van der Waals surface area contributed by atoms with Gasteiger partial charge in [0.15, 0.2) is 5.82 Å². The van der Waals surface area contributed by atoms with E-state index in [1.54, 1.807) is 6.33 Å². The van der Waals surface area contributed by atoms with Crippen LogP contribution in [0.3, 0.4) is 0 Å². The predicted octanol–water partition coefficient (Wildman–Crippen LogP) is 4.39. The van der Waals surface area contributed by atoms with E-state index in [1.807, 2.05) is 24.1 Å². The third kappa shape index (κ3) is 2.99. The molecule has 2 fully saturated rings. The van der Waals surface area contributed by atoms with E-state index in [0.717, 1.165) is 55.4 Å². The van der Waals surface area contributed by atoms with Gasteiger partial charge in [-0.2, -0.15) is 9.78 Å². The second-order valence-electron chi connectivity index (χ2n) is 9.92. The number of nitrogens with one attached hydrogen (secondary N) is 2. The number of hydrogen-bond acceptors (Lipinski definition) is 5. The van der Waals surface area contributed by atoms with Crippen LogP contribution >= 0.6 is 0 Å². The number of fused-ring (bicyclic) bond motifs is 1. The maximum absolute atomic E-state index is 5.25. The van der Waals surface area contributed by atoms with Crippen molar-refractivity contribution in [1.82, 2.24) is 30.0 Å². The summed E-state index contributed by atoms with van der Waals surface area (Å²) in [4.78, 5) is 15.2. The highest BCUT2D eigenvalue weighted by atomic mass is 15.4. The fraction of sp³-hybridized carbons (Fsp3) is 0.370. The van der Waals surface area contributed by atoms with Crippen molar-refractivity contribution in [2.75, 3.05) is 20.1 Å². The lowest BCUT2D eigenvalue weighted by Crippen LogP contribution is -2.37. The van der Waals surface area contributed by atoms with Crippen LogP contribution in [0.4, 0.5) is 5.82 Å². The lowest BCUT2D eigenvalue weighted by molar-refractivity contribution is 0.307. The minimum absolute atomic E-state index is 0.242. The summed E-state index contributed by atoms with van der Waals surface area (Å²) in [5, 5.41) is 8.09. The summed E-state index contributed by atoms with van der Waals surface area (Å²) >= 11 is 0. The van der Waals surface area contributed by atoms with Crippen LogP contribution in [-0.2, 0) is 0 Å². The first-order chi connectivity index (χ1) is 16.7. The fourth-order valence-corrected chi connectivity index (χ4v) is 6.07. The summed E-state index contributed by atoms with van der Waals surface area (Å²) in [5.41, 5.74) is 5.27. The summed E-state index contributed by atoms with van der Waals surface area (Å²) in [5.74, 6) is 4.16.